The van der Waals surface area contributed by atoms with Crippen LogP contribution in [0.4, 0.5) is 0 Å². The smallest absolute Gasteiger partial charge is 0.0325 e. The van der Waals surface area contributed by atoms with Gasteiger partial charge in [0.05, 0.1) is 0 Å². The standard InChI is InChI=1S/C19H25N.2H2S/c1-5-20(16(3)18-9-7-6-8-10-18)17(4)19-13-11-15(2)12-14-19;;/h6-14,16-17H,5H2,1-4H3;2*1H2/t16?,17-;;/m0../s1. The fourth-order valence-electron chi connectivity index (χ4n) is 2.84. The summed E-state index contributed by atoms with van der Waals surface area (Å²) in [6.45, 7) is 10.0. The molecule has 0 saturated carbocycles. The number of benzene rings is 2. The Hall–Kier alpha value is -0.900. The second-order valence-corrected chi connectivity index (χ2v) is 5.50. The Morgan fingerprint density at radius 2 is 1.23 bits per heavy atom. The lowest BCUT2D eigenvalue weighted by molar-refractivity contribution is 0.164. The summed E-state index contributed by atoms with van der Waals surface area (Å²) in [5.41, 5.74) is 4.09. The molecule has 0 saturated heterocycles. The Bertz CT molecular complexity index is 525. The quantitative estimate of drug-likeness (QED) is 0.710. The van der Waals surface area contributed by atoms with Gasteiger partial charge in [-0.2, -0.15) is 27.0 Å². The number of rotatable bonds is 5. The fraction of sp³-hybridized carbons (Fsp3) is 0.368. The van der Waals surface area contributed by atoms with Gasteiger partial charge in [-0.1, -0.05) is 67.1 Å². The molecule has 1 unspecified atom stereocenters. The normalized spacial score (nSPS) is 13.0. The lowest BCUT2D eigenvalue weighted by Crippen LogP contribution is -2.29. The van der Waals surface area contributed by atoms with Crippen LogP contribution >= 0.6 is 27.0 Å². The number of hydrogen-bond acceptors (Lipinski definition) is 1. The fourth-order valence-corrected chi connectivity index (χ4v) is 2.84. The van der Waals surface area contributed by atoms with Crippen LogP contribution in [0, 0.1) is 6.92 Å². The second-order valence-electron chi connectivity index (χ2n) is 5.50. The first kappa shape index (κ1) is 21.1. The van der Waals surface area contributed by atoms with Crippen molar-refractivity contribution in [3.05, 3.63) is 71.3 Å². The minimum atomic E-state index is 0. The van der Waals surface area contributed by atoms with Crippen molar-refractivity contribution >= 4 is 27.0 Å². The van der Waals surface area contributed by atoms with E-state index < -0.39 is 0 Å². The summed E-state index contributed by atoms with van der Waals surface area (Å²) < 4.78 is 0. The Kier molecular flexibility index (Phi) is 9.58. The third-order valence-electron chi connectivity index (χ3n) is 4.20. The number of hydrogen-bond donors (Lipinski definition) is 0. The van der Waals surface area contributed by atoms with Crippen molar-refractivity contribution in [2.24, 2.45) is 0 Å². The minimum Gasteiger partial charge on any atom is -0.290 e. The first-order chi connectivity index (χ1) is 9.63. The molecule has 0 bridgehead atoms. The molecular weight excluding hydrogens is 306 g/mol. The largest absolute Gasteiger partial charge is 0.290 e. The first-order valence-electron chi connectivity index (χ1n) is 7.50. The van der Waals surface area contributed by atoms with E-state index in [1.807, 2.05) is 0 Å². The zero-order chi connectivity index (χ0) is 14.5. The van der Waals surface area contributed by atoms with Gasteiger partial charge in [0.15, 0.2) is 0 Å². The van der Waals surface area contributed by atoms with Crippen molar-refractivity contribution in [3.8, 4) is 0 Å². The van der Waals surface area contributed by atoms with Gasteiger partial charge in [0.2, 0.25) is 0 Å². The molecule has 2 atom stereocenters. The van der Waals surface area contributed by atoms with E-state index >= 15 is 0 Å². The van der Waals surface area contributed by atoms with E-state index in [1.165, 1.54) is 16.7 Å². The molecule has 0 aliphatic rings. The summed E-state index contributed by atoms with van der Waals surface area (Å²) in [7, 11) is 0. The Balaban J connectivity index is 0.00000220. The van der Waals surface area contributed by atoms with Crippen LogP contribution in [0.3, 0.4) is 0 Å². The Morgan fingerprint density at radius 1 is 0.773 bits per heavy atom. The van der Waals surface area contributed by atoms with E-state index in [4.69, 9.17) is 0 Å². The van der Waals surface area contributed by atoms with Crippen molar-refractivity contribution in [1.29, 1.82) is 0 Å². The third kappa shape index (κ3) is 5.08. The molecule has 0 aromatic heterocycles. The topological polar surface area (TPSA) is 3.24 Å². The molecule has 0 aliphatic carbocycles. The molecule has 0 aliphatic heterocycles. The summed E-state index contributed by atoms with van der Waals surface area (Å²) in [5, 5.41) is 0. The van der Waals surface area contributed by atoms with Gasteiger partial charge in [0, 0.05) is 12.1 Å². The maximum atomic E-state index is 2.54. The van der Waals surface area contributed by atoms with Gasteiger partial charge in [-0.05, 0) is 38.4 Å². The van der Waals surface area contributed by atoms with E-state index in [-0.39, 0.29) is 27.0 Å². The highest BCUT2D eigenvalue weighted by Gasteiger charge is 2.20. The maximum Gasteiger partial charge on any atom is 0.0325 e. The minimum absolute atomic E-state index is 0. The predicted molar refractivity (Wildman–Crippen MR) is 108 cm³/mol. The maximum absolute atomic E-state index is 2.54. The van der Waals surface area contributed by atoms with Crippen molar-refractivity contribution in [3.63, 3.8) is 0 Å². The molecule has 2 rings (SSSR count). The molecule has 2 aromatic carbocycles. The first-order valence-corrected chi connectivity index (χ1v) is 7.50. The molecule has 122 valence electrons. The summed E-state index contributed by atoms with van der Waals surface area (Å²) in [6.07, 6.45) is 0. The van der Waals surface area contributed by atoms with Crippen LogP contribution in [0.25, 0.3) is 0 Å². The van der Waals surface area contributed by atoms with Gasteiger partial charge in [-0.3, -0.25) is 4.90 Å². The van der Waals surface area contributed by atoms with Gasteiger partial charge in [-0.15, -0.1) is 0 Å². The zero-order valence-electron chi connectivity index (χ0n) is 14.0. The number of aryl methyl sites for hydroxylation is 1. The van der Waals surface area contributed by atoms with Crippen LogP contribution in [-0.4, -0.2) is 11.4 Å². The molecule has 2 aromatic rings. The molecule has 0 fully saturated rings. The van der Waals surface area contributed by atoms with Crippen molar-refractivity contribution in [2.75, 3.05) is 6.54 Å². The molecule has 0 amide bonds. The van der Waals surface area contributed by atoms with E-state index in [9.17, 15) is 0 Å². The molecule has 0 radical (unpaired) electrons. The number of nitrogens with zero attached hydrogens (tertiary/aromatic N) is 1. The van der Waals surface area contributed by atoms with Crippen molar-refractivity contribution in [1.82, 2.24) is 4.90 Å². The van der Waals surface area contributed by atoms with Crippen LogP contribution in [0.15, 0.2) is 54.6 Å². The summed E-state index contributed by atoms with van der Waals surface area (Å²) >= 11 is 0. The second kappa shape index (κ2) is 9.98. The average Bonchev–Trinajstić information content (AvgIpc) is 2.49. The van der Waals surface area contributed by atoms with Crippen molar-refractivity contribution in [2.45, 2.75) is 39.8 Å². The highest BCUT2D eigenvalue weighted by molar-refractivity contribution is 7.59. The predicted octanol–water partition coefficient (Wildman–Crippen LogP) is 5.36. The van der Waals surface area contributed by atoms with Crippen LogP contribution in [0.2, 0.25) is 0 Å². The third-order valence-corrected chi connectivity index (χ3v) is 4.20. The van der Waals surface area contributed by atoms with Crippen LogP contribution in [0.5, 0.6) is 0 Å². The summed E-state index contributed by atoms with van der Waals surface area (Å²) in [6, 6.07) is 20.5. The summed E-state index contributed by atoms with van der Waals surface area (Å²) in [4.78, 5) is 2.54. The highest BCUT2D eigenvalue weighted by Crippen LogP contribution is 2.29. The molecule has 0 heterocycles. The van der Waals surface area contributed by atoms with Crippen LogP contribution in [0.1, 0.15) is 49.5 Å². The van der Waals surface area contributed by atoms with E-state index in [2.05, 4.69) is 87.2 Å². The van der Waals surface area contributed by atoms with Crippen LogP contribution < -0.4 is 0 Å². The summed E-state index contributed by atoms with van der Waals surface area (Å²) in [5.74, 6) is 0. The van der Waals surface area contributed by atoms with Gasteiger partial charge in [-0.25, -0.2) is 0 Å². The van der Waals surface area contributed by atoms with E-state index in [1.54, 1.807) is 0 Å². The molecule has 1 nitrogen and oxygen atoms in total. The lowest BCUT2D eigenvalue weighted by Gasteiger charge is -2.34. The lowest BCUT2D eigenvalue weighted by atomic mass is 10.0. The molecule has 0 N–H and O–H groups in total. The highest BCUT2D eigenvalue weighted by atomic mass is 32.1. The van der Waals surface area contributed by atoms with Gasteiger partial charge in [0.25, 0.3) is 0 Å². The molecular formula is C19H29NS2. The molecule has 3 heteroatoms. The Morgan fingerprint density at radius 3 is 1.68 bits per heavy atom. The Labute approximate surface area is 149 Å². The van der Waals surface area contributed by atoms with Crippen molar-refractivity contribution < 1.29 is 0 Å². The molecule has 0 spiro atoms. The van der Waals surface area contributed by atoms with Crippen LogP contribution in [-0.2, 0) is 0 Å². The molecule has 22 heavy (non-hydrogen) atoms. The monoisotopic (exact) mass is 335 g/mol. The van der Waals surface area contributed by atoms with Gasteiger partial charge >= 0.3 is 0 Å². The van der Waals surface area contributed by atoms with Gasteiger partial charge in [0.1, 0.15) is 0 Å². The van der Waals surface area contributed by atoms with E-state index in [0.29, 0.717) is 12.1 Å². The average molecular weight is 336 g/mol. The zero-order valence-corrected chi connectivity index (χ0v) is 16.0. The SMILES string of the molecule is CCN(C(C)c1ccccc1)[C@@H](C)c1ccc(C)cc1.S.S. The van der Waals surface area contributed by atoms with Gasteiger partial charge < -0.3 is 0 Å². The van der Waals surface area contributed by atoms with E-state index in [0.717, 1.165) is 6.54 Å².